The van der Waals surface area contributed by atoms with Gasteiger partial charge in [0.1, 0.15) is 0 Å². The molecule has 0 amide bonds. The number of allylic oxidation sites excluding steroid dienone is 2. The molecule has 1 aromatic carbocycles. The second-order valence-corrected chi connectivity index (χ2v) is 4.31. The first-order chi connectivity index (χ1) is 7.77. The Morgan fingerprint density at radius 2 is 1.81 bits per heavy atom. The molecule has 1 aliphatic carbocycles. The van der Waals surface area contributed by atoms with Crippen molar-refractivity contribution < 1.29 is 0 Å². The maximum Gasteiger partial charge on any atom is 0.0452 e. The van der Waals surface area contributed by atoms with Crippen LogP contribution in [0.15, 0.2) is 36.5 Å². The molecule has 0 fully saturated rings. The quantitative estimate of drug-likeness (QED) is 0.733. The SMILES string of the molecule is CC1=C(c2[nH]ccc2C)[CH]c2ccccc21. The van der Waals surface area contributed by atoms with Gasteiger partial charge in [0.05, 0.1) is 0 Å². The highest BCUT2D eigenvalue weighted by Crippen LogP contribution is 2.39. The molecule has 1 N–H and O–H groups in total. The van der Waals surface area contributed by atoms with Crippen LogP contribution in [-0.2, 0) is 0 Å². The van der Waals surface area contributed by atoms with E-state index in [0.717, 1.165) is 0 Å². The minimum atomic E-state index is 1.24. The van der Waals surface area contributed by atoms with E-state index in [0.29, 0.717) is 0 Å². The molecule has 79 valence electrons. The Labute approximate surface area is 95.8 Å². The first kappa shape index (κ1) is 9.46. The van der Waals surface area contributed by atoms with Crippen LogP contribution >= 0.6 is 0 Å². The molecule has 3 rings (SSSR count). The monoisotopic (exact) mass is 208 g/mol. The fourth-order valence-electron chi connectivity index (χ4n) is 2.37. The van der Waals surface area contributed by atoms with Crippen LogP contribution in [0.5, 0.6) is 0 Å². The van der Waals surface area contributed by atoms with Crippen LogP contribution in [0.25, 0.3) is 11.1 Å². The van der Waals surface area contributed by atoms with Crippen molar-refractivity contribution in [3.05, 3.63) is 65.3 Å². The van der Waals surface area contributed by atoms with Gasteiger partial charge in [-0.2, -0.15) is 0 Å². The van der Waals surface area contributed by atoms with Crippen LogP contribution < -0.4 is 0 Å². The minimum Gasteiger partial charge on any atom is -0.361 e. The normalized spacial score (nSPS) is 14.4. The van der Waals surface area contributed by atoms with Crippen molar-refractivity contribution in [2.45, 2.75) is 13.8 Å². The molecule has 0 saturated carbocycles. The third-order valence-electron chi connectivity index (χ3n) is 3.29. The summed E-state index contributed by atoms with van der Waals surface area (Å²) in [6.45, 7) is 4.33. The number of rotatable bonds is 1. The van der Waals surface area contributed by atoms with E-state index >= 15 is 0 Å². The summed E-state index contributed by atoms with van der Waals surface area (Å²) in [5.74, 6) is 0. The van der Waals surface area contributed by atoms with E-state index in [9.17, 15) is 0 Å². The Balaban J connectivity index is 2.15. The number of hydrogen-bond acceptors (Lipinski definition) is 0. The molecule has 1 radical (unpaired) electrons. The highest BCUT2D eigenvalue weighted by molar-refractivity contribution is 6.01. The summed E-state index contributed by atoms with van der Waals surface area (Å²) in [5.41, 5.74) is 7.91. The molecule has 0 bridgehead atoms. The Morgan fingerprint density at radius 3 is 2.50 bits per heavy atom. The van der Waals surface area contributed by atoms with E-state index in [1.807, 2.05) is 6.20 Å². The Bertz CT molecular complexity index is 573. The Hall–Kier alpha value is -1.76. The van der Waals surface area contributed by atoms with E-state index in [1.54, 1.807) is 0 Å². The van der Waals surface area contributed by atoms with E-state index in [2.05, 4.69) is 55.6 Å². The molecule has 0 saturated heterocycles. The van der Waals surface area contributed by atoms with Gasteiger partial charge in [0.2, 0.25) is 0 Å². The number of H-pyrrole nitrogens is 1. The lowest BCUT2D eigenvalue weighted by atomic mass is 10.0. The summed E-state index contributed by atoms with van der Waals surface area (Å²) >= 11 is 0. The van der Waals surface area contributed by atoms with Crippen LogP contribution in [0.2, 0.25) is 0 Å². The summed E-state index contributed by atoms with van der Waals surface area (Å²) in [6.07, 6.45) is 4.27. The van der Waals surface area contributed by atoms with Crippen LogP contribution in [-0.4, -0.2) is 4.98 Å². The van der Waals surface area contributed by atoms with Crippen molar-refractivity contribution in [2.75, 3.05) is 0 Å². The van der Waals surface area contributed by atoms with Gasteiger partial charge in [-0.3, -0.25) is 0 Å². The lowest BCUT2D eigenvalue weighted by molar-refractivity contribution is 1.32. The Morgan fingerprint density at radius 1 is 1.00 bits per heavy atom. The largest absolute Gasteiger partial charge is 0.361 e. The van der Waals surface area contributed by atoms with Gasteiger partial charge in [-0.25, -0.2) is 0 Å². The maximum absolute atomic E-state index is 3.32. The second kappa shape index (κ2) is 3.38. The number of fused-ring (bicyclic) bond motifs is 1. The van der Waals surface area contributed by atoms with Crippen molar-refractivity contribution in [1.29, 1.82) is 0 Å². The number of aryl methyl sites for hydroxylation is 1. The highest BCUT2D eigenvalue weighted by atomic mass is 14.7. The van der Waals surface area contributed by atoms with Gasteiger partial charge in [-0.1, -0.05) is 24.3 Å². The zero-order valence-electron chi connectivity index (χ0n) is 9.54. The standard InChI is InChI=1S/C15H14N/c1-10-7-8-16-15(10)14-9-12-5-3-4-6-13(12)11(14)2/h3-9,16H,1-2H3. The smallest absolute Gasteiger partial charge is 0.0452 e. The fraction of sp³-hybridized carbons (Fsp3) is 0.133. The molecule has 16 heavy (non-hydrogen) atoms. The molecular formula is C15H14N. The maximum atomic E-state index is 3.32. The summed E-state index contributed by atoms with van der Waals surface area (Å²) in [7, 11) is 0. The zero-order chi connectivity index (χ0) is 11.1. The third kappa shape index (κ3) is 1.25. The van der Waals surface area contributed by atoms with Gasteiger partial charge in [-0.05, 0) is 47.8 Å². The number of aromatic amines is 1. The zero-order valence-corrected chi connectivity index (χ0v) is 9.54. The molecule has 1 aliphatic rings. The molecule has 0 unspecified atom stereocenters. The van der Waals surface area contributed by atoms with Gasteiger partial charge in [0, 0.05) is 18.3 Å². The van der Waals surface area contributed by atoms with Crippen LogP contribution in [0.4, 0.5) is 0 Å². The molecule has 1 aromatic heterocycles. The van der Waals surface area contributed by atoms with E-state index < -0.39 is 0 Å². The lowest BCUT2D eigenvalue weighted by Crippen LogP contribution is -1.86. The molecule has 0 atom stereocenters. The summed E-state index contributed by atoms with van der Waals surface area (Å²) in [4.78, 5) is 3.32. The van der Waals surface area contributed by atoms with E-state index in [-0.39, 0.29) is 0 Å². The molecule has 1 heterocycles. The number of benzene rings is 1. The summed E-state index contributed by atoms with van der Waals surface area (Å²) in [6, 6.07) is 10.7. The number of hydrogen-bond donors (Lipinski definition) is 1. The molecule has 1 nitrogen and oxygen atoms in total. The lowest BCUT2D eigenvalue weighted by Gasteiger charge is -2.02. The van der Waals surface area contributed by atoms with Crippen LogP contribution in [0.1, 0.15) is 29.3 Å². The third-order valence-corrected chi connectivity index (χ3v) is 3.29. The minimum absolute atomic E-state index is 1.24. The van der Waals surface area contributed by atoms with Crippen molar-refractivity contribution >= 4 is 11.1 Å². The molecule has 1 heteroatoms. The molecular weight excluding hydrogens is 194 g/mol. The van der Waals surface area contributed by atoms with Crippen molar-refractivity contribution in [3.8, 4) is 0 Å². The molecule has 0 spiro atoms. The van der Waals surface area contributed by atoms with Gasteiger partial charge in [-0.15, -0.1) is 0 Å². The van der Waals surface area contributed by atoms with Gasteiger partial charge in [0.25, 0.3) is 0 Å². The van der Waals surface area contributed by atoms with Crippen LogP contribution in [0.3, 0.4) is 0 Å². The first-order valence-corrected chi connectivity index (χ1v) is 5.57. The van der Waals surface area contributed by atoms with Crippen molar-refractivity contribution in [3.63, 3.8) is 0 Å². The van der Waals surface area contributed by atoms with Crippen molar-refractivity contribution in [1.82, 2.24) is 4.98 Å². The second-order valence-electron chi connectivity index (χ2n) is 4.31. The predicted octanol–water partition coefficient (Wildman–Crippen LogP) is 3.82. The average molecular weight is 208 g/mol. The molecule has 0 aliphatic heterocycles. The summed E-state index contributed by atoms with van der Waals surface area (Å²) < 4.78 is 0. The van der Waals surface area contributed by atoms with Gasteiger partial charge < -0.3 is 4.98 Å². The van der Waals surface area contributed by atoms with E-state index in [1.165, 1.54) is 33.5 Å². The number of nitrogens with one attached hydrogen (secondary N) is 1. The average Bonchev–Trinajstić information content (AvgIpc) is 2.84. The van der Waals surface area contributed by atoms with Gasteiger partial charge in [0.15, 0.2) is 0 Å². The predicted molar refractivity (Wildman–Crippen MR) is 67.9 cm³/mol. The van der Waals surface area contributed by atoms with Gasteiger partial charge >= 0.3 is 0 Å². The van der Waals surface area contributed by atoms with Crippen LogP contribution in [0, 0.1) is 13.3 Å². The fourth-order valence-corrected chi connectivity index (χ4v) is 2.37. The molecule has 2 aromatic rings. The first-order valence-electron chi connectivity index (χ1n) is 5.57. The Kier molecular flexibility index (Phi) is 2.00. The highest BCUT2D eigenvalue weighted by Gasteiger charge is 2.20. The topological polar surface area (TPSA) is 15.8 Å². The number of aromatic nitrogens is 1. The van der Waals surface area contributed by atoms with E-state index in [4.69, 9.17) is 0 Å². The summed E-state index contributed by atoms with van der Waals surface area (Å²) in [5, 5.41) is 0. The van der Waals surface area contributed by atoms with Crippen molar-refractivity contribution in [2.24, 2.45) is 0 Å².